The largest absolute Gasteiger partial charge is 0.496 e. The van der Waals surface area contributed by atoms with E-state index >= 15 is 0 Å². The Kier molecular flexibility index (Phi) is 7.19. The third kappa shape index (κ3) is 4.99. The van der Waals surface area contributed by atoms with Crippen LogP contribution in [0.1, 0.15) is 49.1 Å². The number of sulfonamides is 1. The number of hydrogen-bond acceptors (Lipinski definition) is 6. The number of likely N-dealkylation sites (tertiary alicyclic amines) is 1. The van der Waals surface area contributed by atoms with Gasteiger partial charge in [-0.25, -0.2) is 8.42 Å². The van der Waals surface area contributed by atoms with Crippen LogP contribution in [0.2, 0.25) is 0 Å². The molecule has 9 heteroatoms. The number of carbonyl (C=O) groups excluding carboxylic acids is 1. The number of aromatic nitrogens is 1. The Morgan fingerprint density at radius 2 is 1.79 bits per heavy atom. The van der Waals surface area contributed by atoms with Gasteiger partial charge in [0.2, 0.25) is 15.9 Å². The Hall–Kier alpha value is -2.65. The monoisotopic (exact) mass is 473 g/mol. The van der Waals surface area contributed by atoms with Crippen LogP contribution in [0.25, 0.3) is 12.2 Å². The Balaban J connectivity index is 1.49. The van der Waals surface area contributed by atoms with E-state index in [2.05, 4.69) is 5.16 Å². The van der Waals surface area contributed by atoms with E-state index in [1.54, 1.807) is 26.2 Å². The highest BCUT2D eigenvalue weighted by molar-refractivity contribution is 7.89. The Labute approximate surface area is 195 Å². The van der Waals surface area contributed by atoms with Gasteiger partial charge in [0, 0.05) is 37.7 Å². The highest BCUT2D eigenvalue weighted by atomic mass is 32.2. The normalized spacial score (nSPS) is 18.7. The maximum Gasteiger partial charge on any atom is 0.248 e. The van der Waals surface area contributed by atoms with Gasteiger partial charge in [-0.2, -0.15) is 4.31 Å². The van der Waals surface area contributed by atoms with Gasteiger partial charge in [0.25, 0.3) is 0 Å². The van der Waals surface area contributed by atoms with E-state index in [1.165, 1.54) is 10.7 Å². The molecule has 0 N–H and O–H groups in total. The van der Waals surface area contributed by atoms with Gasteiger partial charge in [-0.05, 0) is 57.2 Å². The molecule has 1 aromatic heterocycles. The van der Waals surface area contributed by atoms with Gasteiger partial charge < -0.3 is 14.2 Å². The lowest BCUT2D eigenvalue weighted by Gasteiger charge is -2.35. The fraction of sp³-hybridized carbons (Fsp3) is 0.500. The smallest absolute Gasteiger partial charge is 0.248 e. The van der Waals surface area contributed by atoms with Crippen LogP contribution in [0.4, 0.5) is 0 Å². The number of ether oxygens (including phenoxy) is 1. The molecule has 2 saturated heterocycles. The predicted molar refractivity (Wildman–Crippen MR) is 125 cm³/mol. The lowest BCUT2D eigenvalue weighted by atomic mass is 9.95. The highest BCUT2D eigenvalue weighted by Crippen LogP contribution is 2.30. The molecule has 3 heterocycles. The van der Waals surface area contributed by atoms with Crippen molar-refractivity contribution in [2.75, 3.05) is 33.3 Å². The van der Waals surface area contributed by atoms with E-state index in [4.69, 9.17) is 9.26 Å². The molecule has 2 aliphatic heterocycles. The van der Waals surface area contributed by atoms with Gasteiger partial charge in [0.1, 0.15) is 11.4 Å². The van der Waals surface area contributed by atoms with E-state index in [0.29, 0.717) is 37.4 Å². The minimum Gasteiger partial charge on any atom is -0.496 e. The van der Waals surface area contributed by atoms with Gasteiger partial charge in [0.05, 0.1) is 7.11 Å². The van der Waals surface area contributed by atoms with E-state index in [0.717, 1.165) is 31.5 Å². The molecule has 0 bridgehead atoms. The number of amides is 1. The molecule has 1 aromatic carbocycles. The number of methoxy groups -OCH3 is 1. The maximum atomic E-state index is 13.5. The third-order valence-corrected chi connectivity index (χ3v) is 8.51. The molecule has 0 aliphatic carbocycles. The average Bonchev–Trinajstić information content (AvgIpc) is 3.24. The first-order valence-electron chi connectivity index (χ1n) is 11.5. The standard InChI is InChI=1S/C24H31N3O5S/c1-18-23(22(32-25-18)11-10-19-8-4-5-9-21(19)31-2)33(29,30)27-16-12-20(13-17-27)24(28)26-14-6-3-7-15-26/h4-5,8-11,20H,3,6-7,12-17H2,1-2H3. The lowest BCUT2D eigenvalue weighted by molar-refractivity contribution is -0.137. The molecule has 0 spiro atoms. The molecule has 8 nitrogen and oxygen atoms in total. The second kappa shape index (κ2) is 10.1. The number of para-hydroxylation sites is 1. The number of carbonyl (C=O) groups is 1. The quantitative estimate of drug-likeness (QED) is 0.637. The first-order valence-corrected chi connectivity index (χ1v) is 12.9. The lowest BCUT2D eigenvalue weighted by Crippen LogP contribution is -2.45. The Morgan fingerprint density at radius 1 is 1.09 bits per heavy atom. The SMILES string of the molecule is COc1ccccc1C=Cc1onc(C)c1S(=O)(=O)N1CCC(C(=O)N2CCCCC2)CC1. The van der Waals surface area contributed by atoms with E-state index in [1.807, 2.05) is 29.2 Å². The number of hydrogen-bond donors (Lipinski definition) is 0. The van der Waals surface area contributed by atoms with Crippen molar-refractivity contribution in [2.24, 2.45) is 5.92 Å². The summed E-state index contributed by atoms with van der Waals surface area (Å²) in [6, 6.07) is 7.44. The molecule has 4 rings (SSSR count). The Bertz CT molecular complexity index is 1110. The van der Waals surface area contributed by atoms with E-state index in [-0.39, 0.29) is 22.5 Å². The zero-order chi connectivity index (χ0) is 23.4. The predicted octanol–water partition coefficient (Wildman–Crippen LogP) is 3.58. The summed E-state index contributed by atoms with van der Waals surface area (Å²) in [6.07, 6.45) is 7.70. The van der Waals surface area contributed by atoms with Gasteiger partial charge in [0.15, 0.2) is 10.7 Å². The number of benzene rings is 1. The molecule has 2 fully saturated rings. The summed E-state index contributed by atoms with van der Waals surface area (Å²) in [5, 5.41) is 3.91. The van der Waals surface area contributed by atoms with Crippen LogP contribution < -0.4 is 4.74 Å². The summed E-state index contributed by atoms with van der Waals surface area (Å²) in [4.78, 5) is 14.9. The van der Waals surface area contributed by atoms with Gasteiger partial charge in [-0.3, -0.25) is 4.79 Å². The zero-order valence-corrected chi connectivity index (χ0v) is 20.0. The minimum atomic E-state index is -3.80. The number of rotatable bonds is 6. The molecule has 178 valence electrons. The molecule has 0 saturated carbocycles. The number of nitrogens with zero attached hydrogens (tertiary/aromatic N) is 3. The zero-order valence-electron chi connectivity index (χ0n) is 19.2. The van der Waals surface area contributed by atoms with Crippen LogP contribution in [0.5, 0.6) is 5.75 Å². The summed E-state index contributed by atoms with van der Waals surface area (Å²) in [5.74, 6) is 0.927. The van der Waals surface area contributed by atoms with Crippen molar-refractivity contribution < 1.29 is 22.5 Å². The fourth-order valence-electron chi connectivity index (χ4n) is 4.61. The fourth-order valence-corrected chi connectivity index (χ4v) is 6.33. The van der Waals surface area contributed by atoms with Crippen molar-refractivity contribution >= 4 is 28.1 Å². The maximum absolute atomic E-state index is 13.5. The summed E-state index contributed by atoms with van der Waals surface area (Å²) in [5.41, 5.74) is 1.12. The van der Waals surface area contributed by atoms with Crippen LogP contribution in [0.15, 0.2) is 33.7 Å². The van der Waals surface area contributed by atoms with Crippen molar-refractivity contribution in [1.82, 2.24) is 14.4 Å². The van der Waals surface area contributed by atoms with Crippen molar-refractivity contribution in [2.45, 2.75) is 43.9 Å². The average molecular weight is 474 g/mol. The third-order valence-electron chi connectivity index (χ3n) is 6.46. The second-order valence-corrected chi connectivity index (χ2v) is 10.5. The van der Waals surface area contributed by atoms with Crippen LogP contribution >= 0.6 is 0 Å². The minimum absolute atomic E-state index is 0.0782. The number of aryl methyl sites for hydroxylation is 1. The van der Waals surface area contributed by atoms with Crippen LogP contribution in [0.3, 0.4) is 0 Å². The van der Waals surface area contributed by atoms with Gasteiger partial charge in [-0.1, -0.05) is 23.4 Å². The van der Waals surface area contributed by atoms with Gasteiger partial charge in [-0.15, -0.1) is 0 Å². The summed E-state index contributed by atoms with van der Waals surface area (Å²) < 4.78 is 39.1. The number of piperidine rings is 2. The van der Waals surface area contributed by atoms with Crippen LogP contribution in [0, 0.1) is 12.8 Å². The van der Waals surface area contributed by atoms with Crippen LogP contribution in [-0.4, -0.2) is 62.0 Å². The second-order valence-electron chi connectivity index (χ2n) is 8.60. The molecule has 0 atom stereocenters. The summed E-state index contributed by atoms with van der Waals surface area (Å²) in [7, 11) is -2.22. The molecule has 33 heavy (non-hydrogen) atoms. The summed E-state index contributed by atoms with van der Waals surface area (Å²) in [6.45, 7) is 3.89. The topological polar surface area (TPSA) is 93.0 Å². The molecule has 2 aliphatic rings. The van der Waals surface area contributed by atoms with Crippen LogP contribution in [-0.2, 0) is 14.8 Å². The first-order chi connectivity index (χ1) is 15.9. The van der Waals surface area contributed by atoms with Gasteiger partial charge >= 0.3 is 0 Å². The molecule has 0 radical (unpaired) electrons. The van der Waals surface area contributed by atoms with Crippen molar-refractivity contribution in [3.05, 3.63) is 41.3 Å². The van der Waals surface area contributed by atoms with Crippen molar-refractivity contribution in [3.8, 4) is 5.75 Å². The molecular weight excluding hydrogens is 442 g/mol. The van der Waals surface area contributed by atoms with E-state index < -0.39 is 10.0 Å². The highest BCUT2D eigenvalue weighted by Gasteiger charge is 2.37. The van der Waals surface area contributed by atoms with Crippen molar-refractivity contribution in [1.29, 1.82) is 0 Å². The molecule has 0 unspecified atom stereocenters. The van der Waals surface area contributed by atoms with Crippen molar-refractivity contribution in [3.63, 3.8) is 0 Å². The molecule has 2 aromatic rings. The Morgan fingerprint density at radius 3 is 2.48 bits per heavy atom. The summed E-state index contributed by atoms with van der Waals surface area (Å²) >= 11 is 0. The van der Waals surface area contributed by atoms with E-state index in [9.17, 15) is 13.2 Å². The molecular formula is C24H31N3O5S. The first kappa shape index (κ1) is 23.5. The molecule has 1 amide bonds.